The lowest BCUT2D eigenvalue weighted by atomic mass is 10.2. The van der Waals surface area contributed by atoms with E-state index in [0.29, 0.717) is 13.0 Å². The van der Waals surface area contributed by atoms with Crippen LogP contribution in [0.3, 0.4) is 0 Å². The van der Waals surface area contributed by atoms with E-state index in [9.17, 15) is 14.7 Å². The molecule has 2 rings (SSSR count). The van der Waals surface area contributed by atoms with Crippen molar-refractivity contribution in [2.24, 2.45) is 0 Å². The average molecular weight is 417 g/mol. The number of carbonyl (C=O) groups excluding carboxylic acids is 2. The Labute approximate surface area is 175 Å². The third kappa shape index (κ3) is 9.31. The highest BCUT2D eigenvalue weighted by molar-refractivity contribution is 5.82. The third-order valence-electron chi connectivity index (χ3n) is 4.56. The lowest BCUT2D eigenvalue weighted by Gasteiger charge is -2.27. The normalized spacial score (nSPS) is 23.3. The molecule has 2 fully saturated rings. The summed E-state index contributed by atoms with van der Waals surface area (Å²) in [5.41, 5.74) is -0.650. The van der Waals surface area contributed by atoms with Crippen molar-refractivity contribution >= 4 is 12.1 Å². The first-order chi connectivity index (χ1) is 13.6. The number of hydrogen-bond acceptors (Lipinski definition) is 7. The van der Waals surface area contributed by atoms with Gasteiger partial charge in [0.15, 0.2) is 0 Å². The van der Waals surface area contributed by atoms with Crippen LogP contribution in [0.4, 0.5) is 4.79 Å². The molecule has 2 saturated heterocycles. The molecule has 0 bridgehead atoms. The number of β-amino-alcohol motifs (C(OH)–C–C–N with tert-alkyl or cyclic N) is 1. The second kappa shape index (κ2) is 12.3. The molecule has 0 aliphatic carbocycles. The van der Waals surface area contributed by atoms with E-state index in [4.69, 9.17) is 14.2 Å². The largest absolute Gasteiger partial charge is 0.467 e. The van der Waals surface area contributed by atoms with Crippen LogP contribution in [0.25, 0.3) is 0 Å². The van der Waals surface area contributed by atoms with Gasteiger partial charge in [0.2, 0.25) is 0 Å². The van der Waals surface area contributed by atoms with Crippen LogP contribution in [0.2, 0.25) is 0 Å². The number of amides is 1. The quantitative estimate of drug-likeness (QED) is 0.665. The summed E-state index contributed by atoms with van der Waals surface area (Å²) in [4.78, 5) is 28.0. The Morgan fingerprint density at radius 1 is 1.17 bits per heavy atom. The fourth-order valence-electron chi connectivity index (χ4n) is 3.36. The van der Waals surface area contributed by atoms with Crippen LogP contribution in [0.15, 0.2) is 0 Å². The van der Waals surface area contributed by atoms with Crippen LogP contribution in [0, 0.1) is 0 Å². The Morgan fingerprint density at radius 3 is 2.28 bits per heavy atom. The van der Waals surface area contributed by atoms with Gasteiger partial charge in [-0.05, 0) is 46.7 Å². The molecule has 8 heteroatoms. The second-order valence-corrected chi connectivity index (χ2v) is 8.73. The topological polar surface area (TPSA) is 88.5 Å². The Kier molecular flexibility index (Phi) is 10.9. The first kappa shape index (κ1) is 25.7. The van der Waals surface area contributed by atoms with E-state index in [-0.39, 0.29) is 19.3 Å². The summed E-state index contributed by atoms with van der Waals surface area (Å²) in [6.07, 6.45) is 2.45. The Morgan fingerprint density at radius 2 is 1.76 bits per heavy atom. The van der Waals surface area contributed by atoms with Gasteiger partial charge in [-0.3, -0.25) is 4.90 Å². The van der Waals surface area contributed by atoms with E-state index < -0.39 is 29.8 Å². The first-order valence-corrected chi connectivity index (χ1v) is 10.7. The van der Waals surface area contributed by atoms with Crippen LogP contribution in [-0.2, 0) is 19.0 Å². The fourth-order valence-corrected chi connectivity index (χ4v) is 3.36. The first-order valence-electron chi connectivity index (χ1n) is 10.7. The predicted octanol–water partition coefficient (Wildman–Crippen LogP) is 2.43. The Hall–Kier alpha value is -1.38. The minimum absolute atomic E-state index is 0.178. The van der Waals surface area contributed by atoms with E-state index in [1.54, 1.807) is 20.8 Å². The van der Waals surface area contributed by atoms with Crippen molar-refractivity contribution in [2.75, 3.05) is 39.9 Å². The van der Waals surface area contributed by atoms with Gasteiger partial charge in [-0.25, -0.2) is 9.59 Å². The lowest BCUT2D eigenvalue weighted by molar-refractivity contribution is -0.145. The predicted molar refractivity (Wildman–Crippen MR) is 111 cm³/mol. The molecule has 0 aromatic carbocycles. The molecule has 2 aliphatic rings. The summed E-state index contributed by atoms with van der Waals surface area (Å²) in [6.45, 7) is 12.6. The summed E-state index contributed by atoms with van der Waals surface area (Å²) in [6, 6.07) is -0.726. The summed E-state index contributed by atoms with van der Waals surface area (Å²) in [5.74, 6) is -0.487. The maximum atomic E-state index is 12.4. The SMILES string of the molecule is CCC.COC(=O)C1CC(OCC(O)CN2CCCC2)CN1C(=O)OC(C)(C)C. The zero-order chi connectivity index (χ0) is 22.0. The van der Waals surface area contributed by atoms with Gasteiger partial charge in [-0.2, -0.15) is 0 Å². The average Bonchev–Trinajstić information content (AvgIpc) is 3.28. The number of methoxy groups -OCH3 is 1. The summed E-state index contributed by atoms with van der Waals surface area (Å²) in [7, 11) is 1.30. The van der Waals surface area contributed by atoms with Gasteiger partial charge in [-0.1, -0.05) is 20.3 Å². The van der Waals surface area contributed by atoms with E-state index in [2.05, 4.69) is 18.7 Å². The molecular formula is C21H40N2O6. The summed E-state index contributed by atoms with van der Waals surface area (Å²) >= 11 is 0. The van der Waals surface area contributed by atoms with Crippen molar-refractivity contribution in [3.63, 3.8) is 0 Å². The third-order valence-corrected chi connectivity index (χ3v) is 4.56. The monoisotopic (exact) mass is 416 g/mol. The molecule has 2 aliphatic heterocycles. The van der Waals surface area contributed by atoms with Gasteiger partial charge >= 0.3 is 12.1 Å². The van der Waals surface area contributed by atoms with E-state index in [1.807, 2.05) is 0 Å². The Balaban J connectivity index is 0.00000132. The standard InChI is InChI=1S/C18H32N2O6.C3H8/c1-18(2,3)26-17(23)20-11-14(9-15(20)16(22)24-4)25-12-13(21)10-19-7-5-6-8-19;1-3-2/h13-15,21H,5-12H2,1-4H3;3H2,1-2H3. The molecule has 1 amide bonds. The molecule has 29 heavy (non-hydrogen) atoms. The number of likely N-dealkylation sites (tertiary alicyclic amines) is 2. The van der Waals surface area contributed by atoms with Crippen LogP contribution < -0.4 is 0 Å². The number of ether oxygens (including phenoxy) is 3. The van der Waals surface area contributed by atoms with Gasteiger partial charge in [0.05, 0.1) is 32.5 Å². The van der Waals surface area contributed by atoms with E-state index in [1.165, 1.54) is 31.3 Å². The summed E-state index contributed by atoms with van der Waals surface area (Å²) in [5, 5.41) is 10.2. The molecule has 0 saturated carbocycles. The molecule has 0 spiro atoms. The van der Waals surface area contributed by atoms with Crippen LogP contribution >= 0.6 is 0 Å². The lowest BCUT2D eigenvalue weighted by Crippen LogP contribution is -2.44. The van der Waals surface area contributed by atoms with Gasteiger partial charge in [0.1, 0.15) is 11.6 Å². The fraction of sp³-hybridized carbons (Fsp3) is 0.905. The minimum atomic E-state index is -0.726. The molecule has 3 unspecified atom stereocenters. The van der Waals surface area contributed by atoms with Crippen LogP contribution in [0.5, 0.6) is 0 Å². The van der Waals surface area contributed by atoms with Gasteiger partial charge in [-0.15, -0.1) is 0 Å². The van der Waals surface area contributed by atoms with Crippen molar-refractivity contribution < 1.29 is 28.9 Å². The molecule has 0 aromatic heterocycles. The van der Waals surface area contributed by atoms with Crippen molar-refractivity contribution in [2.45, 2.75) is 84.2 Å². The van der Waals surface area contributed by atoms with E-state index >= 15 is 0 Å². The van der Waals surface area contributed by atoms with E-state index in [0.717, 1.165) is 13.1 Å². The number of hydrogen-bond donors (Lipinski definition) is 1. The Bertz CT molecular complexity index is 502. The number of rotatable bonds is 6. The molecule has 1 N–H and O–H groups in total. The van der Waals surface area contributed by atoms with Crippen molar-refractivity contribution in [3.05, 3.63) is 0 Å². The zero-order valence-electron chi connectivity index (χ0n) is 19.0. The molecule has 0 radical (unpaired) electrons. The highest BCUT2D eigenvalue weighted by atomic mass is 16.6. The molecule has 3 atom stereocenters. The maximum Gasteiger partial charge on any atom is 0.411 e. The van der Waals surface area contributed by atoms with Gasteiger partial charge < -0.3 is 24.2 Å². The number of aliphatic hydroxyl groups is 1. The molecule has 2 heterocycles. The molecule has 8 nitrogen and oxygen atoms in total. The number of aliphatic hydroxyl groups excluding tert-OH is 1. The van der Waals surface area contributed by atoms with Crippen molar-refractivity contribution in [1.82, 2.24) is 9.80 Å². The number of nitrogens with zero attached hydrogens (tertiary/aromatic N) is 2. The minimum Gasteiger partial charge on any atom is -0.467 e. The van der Waals surface area contributed by atoms with Crippen LogP contribution in [-0.4, -0.2) is 90.7 Å². The number of esters is 1. The van der Waals surface area contributed by atoms with Gasteiger partial charge in [0.25, 0.3) is 0 Å². The number of carbonyl (C=O) groups is 2. The molecule has 170 valence electrons. The highest BCUT2D eigenvalue weighted by Gasteiger charge is 2.42. The van der Waals surface area contributed by atoms with Crippen molar-refractivity contribution in [1.29, 1.82) is 0 Å². The van der Waals surface area contributed by atoms with Crippen molar-refractivity contribution in [3.8, 4) is 0 Å². The molecule has 0 aromatic rings. The zero-order valence-corrected chi connectivity index (χ0v) is 19.0. The maximum absolute atomic E-state index is 12.4. The second-order valence-electron chi connectivity index (χ2n) is 8.73. The van der Waals surface area contributed by atoms with Gasteiger partial charge in [0, 0.05) is 13.0 Å². The molecular weight excluding hydrogens is 376 g/mol. The highest BCUT2D eigenvalue weighted by Crippen LogP contribution is 2.24. The smallest absolute Gasteiger partial charge is 0.411 e. The van der Waals surface area contributed by atoms with Crippen LogP contribution in [0.1, 0.15) is 60.3 Å². The summed E-state index contributed by atoms with van der Waals surface area (Å²) < 4.78 is 16.0.